The van der Waals surface area contributed by atoms with Crippen LogP contribution in [0.2, 0.25) is 0 Å². The average molecular weight is 486 g/mol. The predicted octanol–water partition coefficient (Wildman–Crippen LogP) is 5.35. The third kappa shape index (κ3) is 4.00. The van der Waals surface area contributed by atoms with E-state index in [0.29, 0.717) is 13.0 Å². The number of ether oxygens (including phenoxy) is 1. The molecule has 0 bridgehead atoms. The zero-order valence-electron chi connectivity index (χ0n) is 18.3. The Morgan fingerprint density at radius 2 is 1.82 bits per heavy atom. The minimum absolute atomic E-state index is 0.0149. The van der Waals surface area contributed by atoms with Crippen molar-refractivity contribution in [1.82, 2.24) is 4.90 Å². The molecule has 1 saturated heterocycles. The molecule has 0 spiro atoms. The van der Waals surface area contributed by atoms with Gasteiger partial charge in [0.05, 0.1) is 29.0 Å². The third-order valence-corrected chi connectivity index (χ3v) is 7.21. The van der Waals surface area contributed by atoms with Crippen LogP contribution in [0.3, 0.4) is 0 Å². The number of anilines is 1. The highest BCUT2D eigenvalue weighted by Crippen LogP contribution is 2.38. The third-order valence-electron chi connectivity index (χ3n) is 6.79. The molecular weight excluding hydrogens is 463 g/mol. The van der Waals surface area contributed by atoms with Crippen LogP contribution in [0, 0.1) is 11.3 Å². The zero-order chi connectivity index (χ0) is 24.0. The number of thiocarbonyl (C=S) groups is 1. The van der Waals surface area contributed by atoms with Gasteiger partial charge in [0.15, 0.2) is 5.11 Å². The largest absolute Gasteiger partial charge is 0.490 e. The number of carbonyl (C=O) groups is 1. The first-order chi connectivity index (χ1) is 16.3. The first kappa shape index (κ1) is 22.7. The van der Waals surface area contributed by atoms with Gasteiger partial charge in [-0.05, 0) is 79.4 Å². The van der Waals surface area contributed by atoms with Crippen molar-refractivity contribution >= 4 is 28.9 Å². The van der Waals surface area contributed by atoms with Gasteiger partial charge in [-0.25, -0.2) is 0 Å². The van der Waals surface area contributed by atoms with Crippen molar-refractivity contribution in [2.45, 2.75) is 63.4 Å². The number of rotatable bonds is 3. The smallest absolute Gasteiger partial charge is 0.417 e. The van der Waals surface area contributed by atoms with Crippen LogP contribution in [0.5, 0.6) is 5.75 Å². The summed E-state index contributed by atoms with van der Waals surface area (Å²) in [4.78, 5) is 16.1. The molecule has 5 nitrogen and oxygen atoms in total. The summed E-state index contributed by atoms with van der Waals surface area (Å²) in [7, 11) is 0. The number of nitrogens with zero attached hydrogens (tertiary/aromatic N) is 3. The maximum Gasteiger partial charge on any atom is 0.417 e. The van der Waals surface area contributed by atoms with E-state index in [0.717, 1.165) is 46.8 Å². The van der Waals surface area contributed by atoms with E-state index in [1.165, 1.54) is 25.3 Å². The second-order valence-electron chi connectivity index (χ2n) is 8.95. The molecule has 2 aliphatic heterocycles. The number of hydrogen-bond donors (Lipinski definition) is 0. The minimum Gasteiger partial charge on any atom is -0.490 e. The first-order valence-electron chi connectivity index (χ1n) is 11.3. The molecule has 1 saturated carbocycles. The Balaban J connectivity index is 1.40. The van der Waals surface area contributed by atoms with Crippen molar-refractivity contribution in [3.05, 3.63) is 58.7 Å². The summed E-state index contributed by atoms with van der Waals surface area (Å²) < 4.78 is 46.6. The molecule has 2 aromatic rings. The Bertz CT molecular complexity index is 1200. The fourth-order valence-corrected chi connectivity index (χ4v) is 5.43. The summed E-state index contributed by atoms with van der Waals surface area (Å²) in [5, 5.41) is 9.23. The van der Waals surface area contributed by atoms with Crippen molar-refractivity contribution in [1.29, 1.82) is 5.26 Å². The maximum atomic E-state index is 13.5. The van der Waals surface area contributed by atoms with Gasteiger partial charge in [0.2, 0.25) is 0 Å². The Morgan fingerprint density at radius 1 is 1.06 bits per heavy atom. The van der Waals surface area contributed by atoms with Crippen LogP contribution in [0.15, 0.2) is 36.4 Å². The molecule has 0 aromatic heterocycles. The maximum absolute atomic E-state index is 13.5. The fourth-order valence-electron chi connectivity index (χ4n) is 5.04. The van der Waals surface area contributed by atoms with Crippen molar-refractivity contribution in [3.63, 3.8) is 0 Å². The molecular formula is C25H22F3N3O2S. The second kappa shape index (κ2) is 8.58. The summed E-state index contributed by atoms with van der Waals surface area (Å²) in [6.07, 6.45) is 1.58. The first-order valence-corrected chi connectivity index (χ1v) is 11.7. The SMILES string of the molecule is N#Cc1ccc(N2C(=O)C3Cc4ccc(OC5CCCCC5)cc4CN3C2=S)cc1C(F)(F)F. The lowest BCUT2D eigenvalue weighted by Gasteiger charge is -2.31. The molecule has 1 unspecified atom stereocenters. The molecule has 0 radical (unpaired) electrons. The fraction of sp³-hybridized carbons (Fsp3) is 0.400. The monoisotopic (exact) mass is 485 g/mol. The lowest BCUT2D eigenvalue weighted by Crippen LogP contribution is -2.40. The molecule has 2 heterocycles. The number of hydrogen-bond acceptors (Lipinski definition) is 4. The van der Waals surface area contributed by atoms with Gasteiger partial charge in [0.25, 0.3) is 5.91 Å². The van der Waals surface area contributed by atoms with Crippen molar-refractivity contribution in [3.8, 4) is 11.8 Å². The van der Waals surface area contributed by atoms with Crippen LogP contribution in [-0.4, -0.2) is 28.1 Å². The van der Waals surface area contributed by atoms with Gasteiger partial charge in [-0.15, -0.1) is 0 Å². The van der Waals surface area contributed by atoms with Crippen molar-refractivity contribution in [2.75, 3.05) is 4.90 Å². The molecule has 176 valence electrons. The number of amides is 1. The molecule has 1 amide bonds. The molecule has 1 atom stereocenters. The normalized spacial score (nSPS) is 20.7. The molecule has 3 aliphatic rings. The van der Waals surface area contributed by atoms with Crippen molar-refractivity contribution in [2.24, 2.45) is 0 Å². The van der Waals surface area contributed by atoms with Gasteiger partial charge in [-0.2, -0.15) is 18.4 Å². The number of benzene rings is 2. The number of halogens is 3. The van der Waals surface area contributed by atoms with Crippen LogP contribution in [0.1, 0.15) is 54.4 Å². The van der Waals surface area contributed by atoms with E-state index >= 15 is 0 Å². The van der Waals surface area contributed by atoms with E-state index in [9.17, 15) is 18.0 Å². The van der Waals surface area contributed by atoms with Gasteiger partial charge in [-0.1, -0.05) is 12.5 Å². The highest BCUT2D eigenvalue weighted by molar-refractivity contribution is 7.80. The van der Waals surface area contributed by atoms with Crippen molar-refractivity contribution < 1.29 is 22.7 Å². The Labute approximate surface area is 200 Å². The summed E-state index contributed by atoms with van der Waals surface area (Å²) >= 11 is 5.54. The Morgan fingerprint density at radius 3 is 2.53 bits per heavy atom. The molecule has 5 rings (SSSR count). The predicted molar refractivity (Wildman–Crippen MR) is 123 cm³/mol. The van der Waals surface area contributed by atoms with Crippen LogP contribution >= 0.6 is 12.2 Å². The molecule has 2 aromatic carbocycles. The lowest BCUT2D eigenvalue weighted by atomic mass is 9.94. The summed E-state index contributed by atoms with van der Waals surface area (Å²) in [5.41, 5.74) is 0.440. The lowest BCUT2D eigenvalue weighted by molar-refractivity contribution is -0.137. The summed E-state index contributed by atoms with van der Waals surface area (Å²) in [5.74, 6) is 0.426. The average Bonchev–Trinajstić information content (AvgIpc) is 3.06. The van der Waals surface area contributed by atoms with Gasteiger partial charge in [-0.3, -0.25) is 9.69 Å². The summed E-state index contributed by atoms with van der Waals surface area (Å²) in [6.45, 7) is 0.380. The number of fused-ring (bicyclic) bond motifs is 2. The number of carbonyl (C=O) groups excluding carboxylic acids is 1. The zero-order valence-corrected chi connectivity index (χ0v) is 19.1. The van der Waals surface area contributed by atoms with Crippen LogP contribution in [0.4, 0.5) is 18.9 Å². The van der Waals surface area contributed by atoms with Gasteiger partial charge in [0.1, 0.15) is 11.8 Å². The van der Waals surface area contributed by atoms with Crippen LogP contribution in [0.25, 0.3) is 0 Å². The molecule has 2 fully saturated rings. The van der Waals surface area contributed by atoms with Gasteiger partial charge >= 0.3 is 6.18 Å². The molecule has 34 heavy (non-hydrogen) atoms. The highest BCUT2D eigenvalue weighted by Gasteiger charge is 2.46. The van der Waals surface area contributed by atoms with E-state index in [2.05, 4.69) is 0 Å². The van der Waals surface area contributed by atoms with Crippen LogP contribution in [-0.2, 0) is 23.9 Å². The quantitative estimate of drug-likeness (QED) is 0.549. The standard InChI is InChI=1S/C25H22F3N3O2S/c26-25(27,28)21-12-18(8-6-16(21)13-29)31-23(32)22-11-15-7-9-20(33-19-4-2-1-3-5-19)10-17(15)14-30(22)24(31)34/h6-10,12,19,22H,1-5,11,14H2. The van der Waals surface area contributed by atoms with Gasteiger partial charge < -0.3 is 9.64 Å². The van der Waals surface area contributed by atoms with E-state index in [1.807, 2.05) is 18.2 Å². The van der Waals surface area contributed by atoms with Crippen LogP contribution < -0.4 is 9.64 Å². The van der Waals surface area contributed by atoms with E-state index in [1.54, 1.807) is 11.0 Å². The molecule has 9 heteroatoms. The second-order valence-corrected chi connectivity index (χ2v) is 9.32. The number of alkyl halides is 3. The van der Waals surface area contributed by atoms with Gasteiger partial charge in [0, 0.05) is 13.0 Å². The minimum atomic E-state index is -4.72. The van der Waals surface area contributed by atoms with E-state index in [-0.39, 0.29) is 22.8 Å². The highest BCUT2D eigenvalue weighted by atomic mass is 32.1. The Kier molecular flexibility index (Phi) is 5.72. The van der Waals surface area contributed by atoms with E-state index in [4.69, 9.17) is 22.2 Å². The topological polar surface area (TPSA) is 56.6 Å². The molecule has 1 aliphatic carbocycles. The number of nitriles is 1. The molecule has 0 N–H and O–H groups in total. The Hall–Kier alpha value is -3.12. The van der Waals surface area contributed by atoms with E-state index < -0.39 is 23.3 Å². The summed E-state index contributed by atoms with van der Waals surface area (Å²) in [6, 6.07) is 10.1.